The molecule has 4 bridgehead atoms. The van der Waals surface area contributed by atoms with Crippen molar-refractivity contribution in [2.75, 3.05) is 10.6 Å². The van der Waals surface area contributed by atoms with Crippen molar-refractivity contribution >= 4 is 17.3 Å². The van der Waals surface area contributed by atoms with Gasteiger partial charge >= 0.3 is 5.97 Å². The number of ether oxygens (including phenoxy) is 1. The standard InChI is InChI=1S/C27H40N2O2/c1-26(2,3)31-25(30)21-9-10-23(24(14-21)28-22-7-5-4-6-8-22)29-27-15-18-11-19(16-27)13-20(12-18)17-27/h9-10,14,18-20,22,28-29H,4-8,11-13,15-17H2,1-3H3. The van der Waals surface area contributed by atoms with Gasteiger partial charge in [-0.3, -0.25) is 0 Å². The summed E-state index contributed by atoms with van der Waals surface area (Å²) in [6, 6.07) is 6.61. The van der Waals surface area contributed by atoms with E-state index >= 15 is 0 Å². The number of carbonyl (C=O) groups excluding carboxylic acids is 1. The molecule has 4 heteroatoms. The average Bonchev–Trinajstić information content (AvgIpc) is 2.67. The summed E-state index contributed by atoms with van der Waals surface area (Å²) >= 11 is 0. The van der Waals surface area contributed by atoms with Gasteiger partial charge in [-0.1, -0.05) is 19.3 Å². The summed E-state index contributed by atoms with van der Waals surface area (Å²) in [5, 5.41) is 7.86. The molecule has 0 amide bonds. The quantitative estimate of drug-likeness (QED) is 0.512. The molecule has 1 aromatic rings. The molecule has 0 radical (unpaired) electrons. The van der Waals surface area contributed by atoms with Crippen LogP contribution in [0.1, 0.15) is 102 Å². The van der Waals surface area contributed by atoms with Gasteiger partial charge < -0.3 is 15.4 Å². The van der Waals surface area contributed by atoms with Gasteiger partial charge in [-0.05, 0) is 108 Å². The minimum atomic E-state index is -0.482. The summed E-state index contributed by atoms with van der Waals surface area (Å²) in [5.41, 5.74) is 2.69. The first-order chi connectivity index (χ1) is 14.8. The van der Waals surface area contributed by atoms with Gasteiger partial charge in [0, 0.05) is 11.6 Å². The third kappa shape index (κ3) is 4.73. The highest BCUT2D eigenvalue weighted by atomic mass is 16.6. The van der Waals surface area contributed by atoms with Crippen LogP contribution >= 0.6 is 0 Å². The van der Waals surface area contributed by atoms with Crippen LogP contribution in [0.15, 0.2) is 18.2 Å². The number of nitrogens with one attached hydrogen (secondary N) is 2. The molecule has 0 heterocycles. The van der Waals surface area contributed by atoms with Crippen molar-refractivity contribution in [3.63, 3.8) is 0 Å². The SMILES string of the molecule is CC(C)(C)OC(=O)c1ccc(NC23CC4CC(CC(C4)C2)C3)c(NC2CCCCC2)c1. The maximum Gasteiger partial charge on any atom is 0.338 e. The molecule has 0 aromatic heterocycles. The van der Waals surface area contributed by atoms with Crippen LogP contribution in [-0.2, 0) is 4.74 Å². The van der Waals surface area contributed by atoms with E-state index in [4.69, 9.17) is 4.74 Å². The Morgan fingerprint density at radius 1 is 0.935 bits per heavy atom. The Balaban J connectivity index is 1.40. The monoisotopic (exact) mass is 424 g/mol. The van der Waals surface area contributed by atoms with Crippen molar-refractivity contribution in [3.8, 4) is 0 Å². The molecule has 5 saturated carbocycles. The van der Waals surface area contributed by atoms with Crippen molar-refractivity contribution in [1.29, 1.82) is 0 Å². The van der Waals surface area contributed by atoms with E-state index in [-0.39, 0.29) is 11.5 Å². The highest BCUT2D eigenvalue weighted by molar-refractivity contribution is 5.92. The highest BCUT2D eigenvalue weighted by Crippen LogP contribution is 2.57. The number of esters is 1. The smallest absolute Gasteiger partial charge is 0.338 e. The fourth-order valence-corrected chi connectivity index (χ4v) is 7.25. The molecule has 5 aliphatic carbocycles. The van der Waals surface area contributed by atoms with Crippen LogP contribution in [0.5, 0.6) is 0 Å². The van der Waals surface area contributed by atoms with E-state index in [1.807, 2.05) is 32.9 Å². The summed E-state index contributed by atoms with van der Waals surface area (Å²) in [5.74, 6) is 2.50. The Morgan fingerprint density at radius 2 is 1.55 bits per heavy atom. The van der Waals surface area contributed by atoms with Gasteiger partial charge in [0.05, 0.1) is 16.9 Å². The van der Waals surface area contributed by atoms with Gasteiger partial charge in [0.15, 0.2) is 0 Å². The summed E-state index contributed by atoms with van der Waals surface area (Å²) in [6.45, 7) is 5.78. The lowest BCUT2D eigenvalue weighted by Gasteiger charge is -2.57. The number of hydrogen-bond acceptors (Lipinski definition) is 4. The lowest BCUT2D eigenvalue weighted by atomic mass is 9.53. The molecular formula is C27H40N2O2. The minimum absolute atomic E-state index is 0.236. The molecule has 6 rings (SSSR count). The third-order valence-corrected chi connectivity index (χ3v) is 8.06. The first-order valence-electron chi connectivity index (χ1n) is 12.7. The van der Waals surface area contributed by atoms with E-state index in [1.165, 1.54) is 76.3 Å². The fourth-order valence-electron chi connectivity index (χ4n) is 7.25. The molecule has 170 valence electrons. The Hall–Kier alpha value is -1.71. The molecule has 0 unspecified atom stereocenters. The summed E-state index contributed by atoms with van der Waals surface area (Å²) in [7, 11) is 0. The van der Waals surface area contributed by atoms with E-state index in [2.05, 4.69) is 16.7 Å². The van der Waals surface area contributed by atoms with E-state index in [0.29, 0.717) is 11.6 Å². The second kappa shape index (κ2) is 8.01. The molecule has 0 atom stereocenters. The molecule has 5 fully saturated rings. The maximum absolute atomic E-state index is 12.8. The first kappa shape index (κ1) is 21.2. The van der Waals surface area contributed by atoms with Crippen LogP contribution in [0.25, 0.3) is 0 Å². The van der Waals surface area contributed by atoms with E-state index < -0.39 is 5.60 Å². The van der Waals surface area contributed by atoms with E-state index in [1.54, 1.807) is 0 Å². The number of anilines is 2. The molecule has 0 aliphatic heterocycles. The number of carbonyl (C=O) groups is 1. The lowest BCUT2D eigenvalue weighted by Crippen LogP contribution is -2.54. The first-order valence-corrected chi connectivity index (χ1v) is 12.7. The zero-order chi connectivity index (χ0) is 21.6. The van der Waals surface area contributed by atoms with Gasteiger partial charge in [0.1, 0.15) is 5.60 Å². The minimum Gasteiger partial charge on any atom is -0.456 e. The molecule has 4 nitrogen and oxygen atoms in total. The van der Waals surface area contributed by atoms with Crippen LogP contribution in [0.3, 0.4) is 0 Å². The Labute approximate surface area is 187 Å². The van der Waals surface area contributed by atoms with Crippen molar-refractivity contribution in [2.45, 2.75) is 109 Å². The second-order valence-electron chi connectivity index (χ2n) is 12.1. The Morgan fingerprint density at radius 3 is 2.13 bits per heavy atom. The second-order valence-corrected chi connectivity index (χ2v) is 12.1. The molecule has 5 aliphatic rings. The Bertz CT molecular complexity index is 784. The van der Waals surface area contributed by atoms with Crippen LogP contribution in [0.4, 0.5) is 11.4 Å². The summed E-state index contributed by atoms with van der Waals surface area (Å²) in [4.78, 5) is 12.8. The number of rotatable bonds is 5. The topological polar surface area (TPSA) is 50.4 Å². The maximum atomic E-state index is 12.8. The number of benzene rings is 1. The average molecular weight is 425 g/mol. The number of hydrogen-bond donors (Lipinski definition) is 2. The van der Waals surface area contributed by atoms with Crippen molar-refractivity contribution in [1.82, 2.24) is 0 Å². The molecule has 2 N–H and O–H groups in total. The largest absolute Gasteiger partial charge is 0.456 e. The van der Waals surface area contributed by atoms with Gasteiger partial charge in [0.25, 0.3) is 0 Å². The summed E-state index contributed by atoms with van der Waals surface area (Å²) in [6.07, 6.45) is 14.7. The highest BCUT2D eigenvalue weighted by Gasteiger charge is 2.51. The lowest BCUT2D eigenvalue weighted by molar-refractivity contribution is 0.00695. The van der Waals surface area contributed by atoms with E-state index in [0.717, 1.165) is 23.4 Å². The van der Waals surface area contributed by atoms with Crippen LogP contribution in [-0.4, -0.2) is 23.2 Å². The van der Waals surface area contributed by atoms with Crippen molar-refractivity contribution < 1.29 is 9.53 Å². The van der Waals surface area contributed by atoms with Crippen LogP contribution in [0, 0.1) is 17.8 Å². The predicted molar refractivity (Wildman–Crippen MR) is 127 cm³/mol. The van der Waals surface area contributed by atoms with Crippen molar-refractivity contribution in [3.05, 3.63) is 23.8 Å². The predicted octanol–water partition coefficient (Wildman–Crippen LogP) is 6.77. The van der Waals surface area contributed by atoms with Gasteiger partial charge in [-0.15, -0.1) is 0 Å². The molecule has 1 aromatic carbocycles. The normalized spacial score (nSPS) is 32.7. The summed E-state index contributed by atoms with van der Waals surface area (Å²) < 4.78 is 5.66. The third-order valence-electron chi connectivity index (χ3n) is 8.06. The van der Waals surface area contributed by atoms with Gasteiger partial charge in [0.2, 0.25) is 0 Å². The van der Waals surface area contributed by atoms with Crippen LogP contribution < -0.4 is 10.6 Å². The zero-order valence-electron chi connectivity index (χ0n) is 19.6. The van der Waals surface area contributed by atoms with Gasteiger partial charge in [-0.2, -0.15) is 0 Å². The zero-order valence-corrected chi connectivity index (χ0v) is 19.6. The van der Waals surface area contributed by atoms with E-state index in [9.17, 15) is 4.79 Å². The fraction of sp³-hybridized carbons (Fsp3) is 0.741. The molecule has 0 spiro atoms. The molecule has 0 saturated heterocycles. The van der Waals surface area contributed by atoms with Crippen LogP contribution in [0.2, 0.25) is 0 Å². The molecule has 31 heavy (non-hydrogen) atoms. The molecular weight excluding hydrogens is 384 g/mol. The van der Waals surface area contributed by atoms with Crippen molar-refractivity contribution in [2.24, 2.45) is 17.8 Å². The Kier molecular flexibility index (Phi) is 5.46. The van der Waals surface area contributed by atoms with Gasteiger partial charge in [-0.25, -0.2) is 4.79 Å².